The first-order valence-corrected chi connectivity index (χ1v) is 10.4. The summed E-state index contributed by atoms with van der Waals surface area (Å²) in [5.41, 5.74) is 3.57. The molecule has 2 aromatic rings. The Morgan fingerprint density at radius 1 is 0.821 bits per heavy atom. The van der Waals surface area contributed by atoms with Crippen LogP contribution in [0.1, 0.15) is 73.1 Å². The minimum absolute atomic E-state index is 0.233. The molecule has 2 aliphatic carbocycles. The third-order valence-electron chi connectivity index (χ3n) is 6.68. The van der Waals surface area contributed by atoms with Gasteiger partial charge < -0.3 is 0 Å². The van der Waals surface area contributed by atoms with Crippen LogP contribution >= 0.6 is 0 Å². The standard InChI is InChI=1S/C25H27F3/c1-2-3-16-4-6-17(7-5-16)18-8-10-19(11-9-18)20-12-13-22-21(14-20)15-23(26)25(28)24(22)27/h2-3,8-11,15-17,20H,4-7,12-14H2,1H3/b3-2+. The molecule has 0 N–H and O–H groups in total. The van der Waals surface area contributed by atoms with E-state index in [4.69, 9.17) is 0 Å². The Kier molecular flexibility index (Phi) is 5.61. The highest BCUT2D eigenvalue weighted by atomic mass is 19.2. The van der Waals surface area contributed by atoms with Crippen molar-refractivity contribution >= 4 is 0 Å². The van der Waals surface area contributed by atoms with Crippen LogP contribution in [-0.2, 0) is 12.8 Å². The fraction of sp³-hybridized carbons (Fsp3) is 0.440. The lowest BCUT2D eigenvalue weighted by molar-refractivity contribution is 0.375. The second kappa shape index (κ2) is 8.14. The van der Waals surface area contributed by atoms with E-state index in [9.17, 15) is 13.2 Å². The highest BCUT2D eigenvalue weighted by Gasteiger charge is 2.27. The first-order chi connectivity index (χ1) is 13.6. The van der Waals surface area contributed by atoms with Gasteiger partial charge >= 0.3 is 0 Å². The number of rotatable bonds is 3. The molecular weight excluding hydrogens is 357 g/mol. The van der Waals surface area contributed by atoms with Crippen molar-refractivity contribution in [3.05, 3.63) is 82.2 Å². The molecule has 4 rings (SSSR count). The maximum atomic E-state index is 14.0. The van der Waals surface area contributed by atoms with Gasteiger partial charge in [0.2, 0.25) is 0 Å². The van der Waals surface area contributed by atoms with Crippen LogP contribution in [0, 0.1) is 23.4 Å². The molecule has 28 heavy (non-hydrogen) atoms. The van der Waals surface area contributed by atoms with Gasteiger partial charge in [-0.1, -0.05) is 36.4 Å². The minimum Gasteiger partial charge on any atom is -0.204 e. The van der Waals surface area contributed by atoms with Gasteiger partial charge in [0.15, 0.2) is 17.5 Å². The normalized spacial score (nSPS) is 25.1. The van der Waals surface area contributed by atoms with Gasteiger partial charge in [0.1, 0.15) is 0 Å². The molecule has 0 heterocycles. The smallest absolute Gasteiger partial charge is 0.194 e. The van der Waals surface area contributed by atoms with Crippen molar-refractivity contribution in [2.24, 2.45) is 5.92 Å². The van der Waals surface area contributed by atoms with Crippen LogP contribution in [0.5, 0.6) is 0 Å². The predicted octanol–water partition coefficient (Wildman–Crippen LogP) is 7.23. The predicted molar refractivity (Wildman–Crippen MR) is 107 cm³/mol. The molecule has 0 aromatic heterocycles. The molecule has 0 radical (unpaired) electrons. The van der Waals surface area contributed by atoms with Gasteiger partial charge in [-0.25, -0.2) is 13.2 Å². The van der Waals surface area contributed by atoms with Crippen LogP contribution in [0.25, 0.3) is 0 Å². The summed E-state index contributed by atoms with van der Waals surface area (Å²) >= 11 is 0. The van der Waals surface area contributed by atoms with Gasteiger partial charge in [-0.05, 0) is 97.9 Å². The number of hydrogen-bond donors (Lipinski definition) is 0. The summed E-state index contributed by atoms with van der Waals surface area (Å²) in [5, 5.41) is 0. The van der Waals surface area contributed by atoms with E-state index in [-0.39, 0.29) is 5.92 Å². The monoisotopic (exact) mass is 384 g/mol. The molecule has 0 bridgehead atoms. The molecule has 0 saturated heterocycles. The molecule has 0 aliphatic heterocycles. The van der Waals surface area contributed by atoms with Crippen molar-refractivity contribution in [3.8, 4) is 0 Å². The lowest BCUT2D eigenvalue weighted by atomic mass is 9.77. The summed E-state index contributed by atoms with van der Waals surface area (Å²) in [5.74, 6) is -1.83. The first-order valence-electron chi connectivity index (χ1n) is 10.4. The van der Waals surface area contributed by atoms with E-state index in [1.165, 1.54) is 42.9 Å². The van der Waals surface area contributed by atoms with E-state index in [2.05, 4.69) is 43.3 Å². The van der Waals surface area contributed by atoms with Crippen LogP contribution < -0.4 is 0 Å². The Morgan fingerprint density at radius 3 is 2.11 bits per heavy atom. The number of benzene rings is 2. The maximum Gasteiger partial charge on any atom is 0.194 e. The summed E-state index contributed by atoms with van der Waals surface area (Å²) < 4.78 is 41.1. The Morgan fingerprint density at radius 2 is 1.46 bits per heavy atom. The van der Waals surface area contributed by atoms with Crippen molar-refractivity contribution in [2.75, 3.05) is 0 Å². The largest absolute Gasteiger partial charge is 0.204 e. The molecule has 2 aromatic carbocycles. The second-order valence-electron chi connectivity index (χ2n) is 8.37. The van der Waals surface area contributed by atoms with E-state index < -0.39 is 17.5 Å². The summed E-state index contributed by atoms with van der Waals surface area (Å²) in [4.78, 5) is 0. The van der Waals surface area contributed by atoms with Gasteiger partial charge in [-0.2, -0.15) is 0 Å². The summed E-state index contributed by atoms with van der Waals surface area (Å²) in [6.45, 7) is 2.09. The van der Waals surface area contributed by atoms with Crippen LogP contribution in [0.2, 0.25) is 0 Å². The molecule has 3 heteroatoms. The van der Waals surface area contributed by atoms with Crippen molar-refractivity contribution < 1.29 is 13.2 Å². The zero-order valence-corrected chi connectivity index (χ0v) is 16.4. The Labute approximate surface area is 165 Å². The fourth-order valence-corrected chi connectivity index (χ4v) is 5.06. The third kappa shape index (κ3) is 3.76. The van der Waals surface area contributed by atoms with Crippen molar-refractivity contribution in [1.29, 1.82) is 0 Å². The van der Waals surface area contributed by atoms with Crippen LogP contribution in [0.3, 0.4) is 0 Å². The Balaban J connectivity index is 1.45. The van der Waals surface area contributed by atoms with Gasteiger partial charge in [-0.15, -0.1) is 0 Å². The Hall–Kier alpha value is -2.03. The molecule has 0 spiro atoms. The topological polar surface area (TPSA) is 0 Å². The maximum absolute atomic E-state index is 14.0. The van der Waals surface area contributed by atoms with Crippen LogP contribution in [0.4, 0.5) is 13.2 Å². The van der Waals surface area contributed by atoms with E-state index in [1.54, 1.807) is 0 Å². The van der Waals surface area contributed by atoms with Gasteiger partial charge in [-0.3, -0.25) is 0 Å². The SMILES string of the molecule is C/C=C/C1CCC(c2ccc(C3CCc4c(cc(F)c(F)c4F)C3)cc2)CC1. The van der Waals surface area contributed by atoms with Crippen LogP contribution in [-0.4, -0.2) is 0 Å². The number of hydrogen-bond acceptors (Lipinski definition) is 0. The van der Waals surface area contributed by atoms with E-state index in [0.717, 1.165) is 12.3 Å². The van der Waals surface area contributed by atoms with E-state index >= 15 is 0 Å². The number of allylic oxidation sites excluding steroid dienone is 2. The highest BCUT2D eigenvalue weighted by molar-refractivity contribution is 5.37. The lowest BCUT2D eigenvalue weighted by Crippen LogP contribution is -2.16. The van der Waals surface area contributed by atoms with E-state index in [1.807, 2.05) is 0 Å². The van der Waals surface area contributed by atoms with Crippen LogP contribution in [0.15, 0.2) is 42.5 Å². The first kappa shape index (κ1) is 19.3. The third-order valence-corrected chi connectivity index (χ3v) is 6.68. The van der Waals surface area contributed by atoms with Gasteiger partial charge in [0.05, 0.1) is 0 Å². The minimum atomic E-state index is -1.34. The number of fused-ring (bicyclic) bond motifs is 1. The molecule has 1 fully saturated rings. The average molecular weight is 384 g/mol. The van der Waals surface area contributed by atoms with Crippen molar-refractivity contribution in [2.45, 2.75) is 63.7 Å². The lowest BCUT2D eigenvalue weighted by Gasteiger charge is -2.28. The molecule has 0 nitrogen and oxygen atoms in total. The molecule has 1 saturated carbocycles. The molecule has 1 unspecified atom stereocenters. The zero-order valence-electron chi connectivity index (χ0n) is 16.4. The molecule has 148 valence electrons. The van der Waals surface area contributed by atoms with Gasteiger partial charge in [0.25, 0.3) is 0 Å². The van der Waals surface area contributed by atoms with Crippen molar-refractivity contribution in [3.63, 3.8) is 0 Å². The molecule has 0 amide bonds. The summed E-state index contributed by atoms with van der Waals surface area (Å²) in [6.07, 6.45) is 11.3. The second-order valence-corrected chi connectivity index (χ2v) is 8.37. The van der Waals surface area contributed by atoms with Gasteiger partial charge in [0, 0.05) is 0 Å². The Bertz CT molecular complexity index is 858. The average Bonchev–Trinajstić information content (AvgIpc) is 2.73. The fourth-order valence-electron chi connectivity index (χ4n) is 5.06. The number of halogens is 3. The molecule has 2 aliphatic rings. The highest BCUT2D eigenvalue weighted by Crippen LogP contribution is 2.38. The van der Waals surface area contributed by atoms with E-state index in [0.29, 0.717) is 29.9 Å². The quantitative estimate of drug-likeness (QED) is 0.387. The summed E-state index contributed by atoms with van der Waals surface area (Å²) in [7, 11) is 0. The molecule has 1 atom stereocenters. The summed E-state index contributed by atoms with van der Waals surface area (Å²) in [6, 6.07) is 10.0. The molecular formula is C25H27F3. The zero-order chi connectivity index (χ0) is 19.7. The van der Waals surface area contributed by atoms with Crippen molar-refractivity contribution in [1.82, 2.24) is 0 Å².